The van der Waals surface area contributed by atoms with Crippen LogP contribution >= 0.6 is 11.8 Å². The van der Waals surface area contributed by atoms with Gasteiger partial charge in [-0.05, 0) is 56.2 Å². The van der Waals surface area contributed by atoms with Gasteiger partial charge < -0.3 is 25.7 Å². The normalized spacial score (nSPS) is 22.2. The number of hydrogen-bond acceptors (Lipinski definition) is 5. The fourth-order valence-electron chi connectivity index (χ4n) is 5.18. The summed E-state index contributed by atoms with van der Waals surface area (Å²) in [6.45, 7) is 3.82. The van der Waals surface area contributed by atoms with Crippen LogP contribution in [0.15, 0.2) is 54.6 Å². The molecule has 0 unspecified atom stereocenters. The number of amides is 3. The number of nitrogens with one attached hydrogen (secondary N) is 2. The lowest BCUT2D eigenvalue weighted by Gasteiger charge is -2.35. The van der Waals surface area contributed by atoms with E-state index >= 15 is 0 Å². The van der Waals surface area contributed by atoms with Gasteiger partial charge in [0.25, 0.3) is 5.91 Å². The summed E-state index contributed by atoms with van der Waals surface area (Å²) < 4.78 is -0.581. The molecule has 36 heavy (non-hydrogen) atoms. The van der Waals surface area contributed by atoms with Gasteiger partial charge in [-0.3, -0.25) is 9.59 Å². The number of carboxylic acid groups (broad SMARTS) is 1. The highest BCUT2D eigenvalue weighted by molar-refractivity contribution is 8.00. The molecule has 1 heterocycles. The molecule has 4 rings (SSSR count). The van der Waals surface area contributed by atoms with E-state index in [-0.39, 0.29) is 24.2 Å². The maximum atomic E-state index is 13.6. The fraction of sp³-hybridized carbons (Fsp3) is 0.444. The van der Waals surface area contributed by atoms with Gasteiger partial charge in [-0.2, -0.15) is 0 Å². The molecule has 1 aliphatic heterocycles. The van der Waals surface area contributed by atoms with Gasteiger partial charge in [0.2, 0.25) is 5.91 Å². The predicted octanol–water partition coefficient (Wildman–Crippen LogP) is 3.10. The van der Waals surface area contributed by atoms with Gasteiger partial charge in [0, 0.05) is 4.75 Å². The first-order valence-corrected chi connectivity index (χ1v) is 13.2. The summed E-state index contributed by atoms with van der Waals surface area (Å²) in [5.74, 6) is -0.696. The lowest BCUT2D eigenvalue weighted by atomic mass is 9.87. The van der Waals surface area contributed by atoms with Crippen LogP contribution < -0.4 is 10.6 Å². The molecular formula is C27H33N3O5S. The van der Waals surface area contributed by atoms with Gasteiger partial charge in [0.15, 0.2) is 6.10 Å². The molecule has 3 amide bonds. The molecule has 0 radical (unpaired) electrons. The van der Waals surface area contributed by atoms with Crippen LogP contribution in [0.4, 0.5) is 4.79 Å². The van der Waals surface area contributed by atoms with Crippen LogP contribution in [-0.2, 0) is 22.4 Å². The first kappa shape index (κ1) is 26.0. The Morgan fingerprint density at radius 1 is 1.11 bits per heavy atom. The molecule has 1 fully saturated rings. The number of aryl methyl sites for hydroxylation is 1. The largest absolute Gasteiger partial charge is 0.465 e. The maximum Gasteiger partial charge on any atom is 0.404 e. The van der Waals surface area contributed by atoms with Gasteiger partial charge >= 0.3 is 6.09 Å². The second kappa shape index (κ2) is 10.9. The number of nitrogens with zero attached hydrogens (tertiary/aromatic N) is 1. The third-order valence-electron chi connectivity index (χ3n) is 7.00. The Bertz CT molecular complexity index is 1110. The molecule has 1 aliphatic carbocycles. The Labute approximate surface area is 215 Å². The van der Waals surface area contributed by atoms with Gasteiger partial charge in [0.1, 0.15) is 6.04 Å². The fourth-order valence-corrected chi connectivity index (χ4v) is 6.32. The Morgan fingerprint density at radius 2 is 1.81 bits per heavy atom. The first-order chi connectivity index (χ1) is 17.2. The number of carbonyl (C=O) groups is 3. The Balaban J connectivity index is 1.53. The zero-order valence-corrected chi connectivity index (χ0v) is 21.3. The third-order valence-corrected chi connectivity index (χ3v) is 8.38. The minimum Gasteiger partial charge on any atom is -0.465 e. The molecule has 0 aromatic heterocycles. The van der Waals surface area contributed by atoms with Crippen molar-refractivity contribution >= 4 is 29.7 Å². The smallest absolute Gasteiger partial charge is 0.404 e. The molecule has 0 saturated carbocycles. The molecule has 9 heteroatoms. The third kappa shape index (κ3) is 5.68. The van der Waals surface area contributed by atoms with Crippen molar-refractivity contribution in [1.29, 1.82) is 0 Å². The second-order valence-corrected chi connectivity index (χ2v) is 11.5. The van der Waals surface area contributed by atoms with Crippen molar-refractivity contribution in [2.75, 3.05) is 5.88 Å². The molecule has 2 aliphatic rings. The summed E-state index contributed by atoms with van der Waals surface area (Å²) in [7, 11) is 0. The monoisotopic (exact) mass is 511 g/mol. The maximum absolute atomic E-state index is 13.6. The average molecular weight is 512 g/mol. The number of aliphatic hydroxyl groups is 1. The van der Waals surface area contributed by atoms with Crippen molar-refractivity contribution in [3.8, 4) is 0 Å². The quantitative estimate of drug-likeness (QED) is 0.454. The number of rotatable bonds is 7. The van der Waals surface area contributed by atoms with Crippen LogP contribution in [0, 0.1) is 0 Å². The predicted molar refractivity (Wildman–Crippen MR) is 139 cm³/mol. The lowest BCUT2D eigenvalue weighted by molar-refractivity contribution is -0.147. The van der Waals surface area contributed by atoms with Crippen molar-refractivity contribution in [3.63, 3.8) is 0 Å². The van der Waals surface area contributed by atoms with Gasteiger partial charge in [-0.1, -0.05) is 54.6 Å². The molecule has 192 valence electrons. The standard InChI is InChI=1S/C27H33N3O5S/c1-27(2)23(24(32)28-20-14-8-12-18-11-6-7-13-19(18)20)30(16-36-27)25(33)22(31)21(29-26(34)35)15-17-9-4-3-5-10-17/h3-7,9-11,13,20-23,29,31H,8,12,14-16H2,1-2H3,(H,28,32)(H,34,35)/t20-,21-,22-,23+/m0/s1. The summed E-state index contributed by atoms with van der Waals surface area (Å²) in [4.78, 5) is 39.9. The zero-order chi connectivity index (χ0) is 25.9. The van der Waals surface area contributed by atoms with E-state index in [9.17, 15) is 24.6 Å². The van der Waals surface area contributed by atoms with Crippen LogP contribution in [0.3, 0.4) is 0 Å². The van der Waals surface area contributed by atoms with Crippen molar-refractivity contribution < 1.29 is 24.6 Å². The van der Waals surface area contributed by atoms with Crippen LogP contribution in [0.1, 0.15) is 49.4 Å². The van der Waals surface area contributed by atoms with Crippen molar-refractivity contribution in [2.45, 2.75) is 68.5 Å². The number of carbonyl (C=O) groups excluding carboxylic acids is 2. The Kier molecular flexibility index (Phi) is 7.90. The molecule has 2 aromatic carbocycles. The minimum absolute atomic E-state index is 0.134. The zero-order valence-electron chi connectivity index (χ0n) is 20.5. The summed E-state index contributed by atoms with van der Waals surface area (Å²) in [5, 5.41) is 25.8. The number of benzene rings is 2. The topological polar surface area (TPSA) is 119 Å². The Morgan fingerprint density at radius 3 is 2.53 bits per heavy atom. The number of fused-ring (bicyclic) bond motifs is 1. The summed E-state index contributed by atoms with van der Waals surface area (Å²) >= 11 is 1.46. The van der Waals surface area contributed by atoms with Crippen molar-refractivity contribution in [1.82, 2.24) is 15.5 Å². The number of hydrogen-bond donors (Lipinski definition) is 4. The average Bonchev–Trinajstić information content (AvgIpc) is 3.18. The molecule has 1 saturated heterocycles. The van der Waals surface area contributed by atoms with Gasteiger partial charge in [-0.25, -0.2) is 4.79 Å². The molecule has 0 bridgehead atoms. The molecule has 4 N–H and O–H groups in total. The van der Waals surface area contributed by atoms with E-state index in [1.807, 2.05) is 50.2 Å². The molecular weight excluding hydrogens is 478 g/mol. The lowest BCUT2D eigenvalue weighted by Crippen LogP contribution is -2.59. The molecule has 8 nitrogen and oxygen atoms in total. The molecule has 0 spiro atoms. The molecule has 2 aromatic rings. The van der Waals surface area contributed by atoms with E-state index in [1.54, 1.807) is 12.1 Å². The summed E-state index contributed by atoms with van der Waals surface area (Å²) in [6, 6.07) is 15.2. The van der Waals surface area contributed by atoms with Crippen molar-refractivity contribution in [2.24, 2.45) is 0 Å². The minimum atomic E-state index is -1.64. The van der Waals surface area contributed by atoms with Gasteiger partial charge in [0.05, 0.1) is 18.0 Å². The van der Waals surface area contributed by atoms with E-state index in [0.717, 1.165) is 30.4 Å². The second-order valence-electron chi connectivity index (χ2n) is 9.93. The van der Waals surface area contributed by atoms with Crippen LogP contribution in [0.5, 0.6) is 0 Å². The number of aliphatic hydroxyl groups excluding tert-OH is 1. The van der Waals surface area contributed by atoms with E-state index in [4.69, 9.17) is 0 Å². The Hall–Kier alpha value is -3.04. The van der Waals surface area contributed by atoms with E-state index in [2.05, 4.69) is 16.7 Å². The highest BCUT2D eigenvalue weighted by Crippen LogP contribution is 2.40. The highest BCUT2D eigenvalue weighted by Gasteiger charge is 2.50. The van der Waals surface area contributed by atoms with E-state index in [1.165, 1.54) is 22.2 Å². The van der Waals surface area contributed by atoms with E-state index < -0.39 is 34.9 Å². The first-order valence-electron chi connectivity index (χ1n) is 12.2. The van der Waals surface area contributed by atoms with Crippen LogP contribution in [-0.4, -0.2) is 61.8 Å². The molecule has 4 atom stereocenters. The SMILES string of the molecule is CC1(C)SCN(C(=O)[C@@H](O)[C@H](Cc2ccccc2)NC(=O)O)[C@@H]1C(=O)N[C@H]1CCCc2ccccc21. The van der Waals surface area contributed by atoms with Crippen LogP contribution in [0.2, 0.25) is 0 Å². The van der Waals surface area contributed by atoms with Gasteiger partial charge in [-0.15, -0.1) is 11.8 Å². The number of thioether (sulfide) groups is 1. The summed E-state index contributed by atoms with van der Waals surface area (Å²) in [5.41, 5.74) is 3.11. The summed E-state index contributed by atoms with van der Waals surface area (Å²) in [6.07, 6.45) is -0.0651. The highest BCUT2D eigenvalue weighted by atomic mass is 32.2. The van der Waals surface area contributed by atoms with Crippen LogP contribution in [0.25, 0.3) is 0 Å². The van der Waals surface area contributed by atoms with Crippen molar-refractivity contribution in [3.05, 3.63) is 71.3 Å². The van der Waals surface area contributed by atoms with E-state index in [0.29, 0.717) is 0 Å².